The molecule has 0 fully saturated rings. The van der Waals surface area contributed by atoms with Gasteiger partial charge in [0.2, 0.25) is 5.95 Å². The van der Waals surface area contributed by atoms with Gasteiger partial charge in [0.25, 0.3) is 0 Å². The standard InChI is InChI=1S/C23H22N6O/c1-15-13-20(11-12-26-15)30-19-9-7-18(8-10-19)27-22-14-21(28-23(24)29-22)16-3-5-17(25-2)6-4-16/h3-14,25H,1-2H3,(H3,24,27,28,29). The molecule has 0 saturated heterocycles. The van der Waals surface area contributed by atoms with E-state index in [9.17, 15) is 0 Å². The van der Waals surface area contributed by atoms with Crippen LogP contribution in [0, 0.1) is 6.92 Å². The van der Waals surface area contributed by atoms with Crippen molar-refractivity contribution in [3.63, 3.8) is 0 Å². The minimum absolute atomic E-state index is 0.209. The number of rotatable bonds is 6. The molecule has 0 atom stereocenters. The number of nitrogens with one attached hydrogen (secondary N) is 2. The largest absolute Gasteiger partial charge is 0.457 e. The number of hydrogen-bond acceptors (Lipinski definition) is 7. The number of aryl methyl sites for hydroxylation is 1. The molecule has 2 aromatic heterocycles. The molecule has 0 spiro atoms. The van der Waals surface area contributed by atoms with Crippen molar-refractivity contribution in [3.8, 4) is 22.8 Å². The molecule has 4 rings (SSSR count). The summed E-state index contributed by atoms with van der Waals surface area (Å²) in [7, 11) is 1.88. The fourth-order valence-electron chi connectivity index (χ4n) is 2.96. The van der Waals surface area contributed by atoms with Crippen LogP contribution in [0.15, 0.2) is 72.9 Å². The molecule has 0 radical (unpaired) electrons. The Kier molecular flexibility index (Phi) is 5.43. The molecule has 2 heterocycles. The van der Waals surface area contributed by atoms with Gasteiger partial charge in [-0.15, -0.1) is 0 Å². The summed E-state index contributed by atoms with van der Waals surface area (Å²) >= 11 is 0. The van der Waals surface area contributed by atoms with Crippen molar-refractivity contribution in [3.05, 3.63) is 78.6 Å². The van der Waals surface area contributed by atoms with Crippen LogP contribution in [-0.2, 0) is 0 Å². The van der Waals surface area contributed by atoms with E-state index in [0.717, 1.165) is 39.8 Å². The zero-order valence-corrected chi connectivity index (χ0v) is 16.8. The highest BCUT2D eigenvalue weighted by Gasteiger charge is 2.06. The van der Waals surface area contributed by atoms with Gasteiger partial charge >= 0.3 is 0 Å². The zero-order chi connectivity index (χ0) is 20.9. The van der Waals surface area contributed by atoms with Gasteiger partial charge < -0.3 is 21.1 Å². The maximum absolute atomic E-state index is 5.93. The Labute approximate surface area is 175 Å². The number of anilines is 4. The number of nitrogens with two attached hydrogens (primary N) is 1. The Morgan fingerprint density at radius 1 is 0.833 bits per heavy atom. The lowest BCUT2D eigenvalue weighted by Gasteiger charge is -2.10. The molecule has 2 aromatic carbocycles. The van der Waals surface area contributed by atoms with Crippen LogP contribution in [0.1, 0.15) is 5.69 Å². The number of nitrogen functional groups attached to an aromatic ring is 1. The van der Waals surface area contributed by atoms with Crippen LogP contribution in [0.5, 0.6) is 11.5 Å². The first-order valence-electron chi connectivity index (χ1n) is 9.49. The summed E-state index contributed by atoms with van der Waals surface area (Å²) < 4.78 is 5.86. The minimum atomic E-state index is 0.209. The molecule has 0 unspecified atom stereocenters. The van der Waals surface area contributed by atoms with Crippen molar-refractivity contribution in [2.45, 2.75) is 6.92 Å². The number of ether oxygens (including phenoxy) is 1. The van der Waals surface area contributed by atoms with Gasteiger partial charge in [0.05, 0.1) is 5.69 Å². The van der Waals surface area contributed by atoms with Gasteiger partial charge in [-0.25, -0.2) is 4.98 Å². The third-order valence-corrected chi connectivity index (χ3v) is 4.44. The zero-order valence-electron chi connectivity index (χ0n) is 16.8. The van der Waals surface area contributed by atoms with E-state index in [1.807, 2.05) is 80.7 Å². The van der Waals surface area contributed by atoms with Crippen LogP contribution in [-0.4, -0.2) is 22.0 Å². The highest BCUT2D eigenvalue weighted by atomic mass is 16.5. The predicted octanol–water partition coefficient (Wildman–Crippen LogP) is 5.01. The fourth-order valence-corrected chi connectivity index (χ4v) is 2.96. The van der Waals surface area contributed by atoms with E-state index in [1.165, 1.54) is 0 Å². The van der Waals surface area contributed by atoms with Crippen LogP contribution in [0.4, 0.5) is 23.1 Å². The predicted molar refractivity (Wildman–Crippen MR) is 120 cm³/mol. The number of benzene rings is 2. The number of pyridine rings is 1. The summed E-state index contributed by atoms with van der Waals surface area (Å²) in [6, 6.07) is 21.2. The molecule has 7 heteroatoms. The molecular weight excluding hydrogens is 376 g/mol. The first kappa shape index (κ1) is 19.2. The summed E-state index contributed by atoms with van der Waals surface area (Å²) in [5, 5.41) is 6.37. The average molecular weight is 398 g/mol. The summed E-state index contributed by atoms with van der Waals surface area (Å²) in [6.07, 6.45) is 1.73. The molecule has 0 amide bonds. The first-order valence-corrected chi connectivity index (χ1v) is 9.49. The van der Waals surface area contributed by atoms with Gasteiger partial charge in [0, 0.05) is 48.0 Å². The van der Waals surface area contributed by atoms with E-state index in [2.05, 4.69) is 25.6 Å². The van der Waals surface area contributed by atoms with Gasteiger partial charge in [0.15, 0.2) is 0 Å². The summed E-state index contributed by atoms with van der Waals surface area (Å²) in [6.45, 7) is 1.93. The van der Waals surface area contributed by atoms with Crippen molar-refractivity contribution in [2.75, 3.05) is 23.4 Å². The molecule has 30 heavy (non-hydrogen) atoms. The van der Waals surface area contributed by atoms with Gasteiger partial charge in [-0.3, -0.25) is 4.98 Å². The highest BCUT2D eigenvalue weighted by Crippen LogP contribution is 2.26. The van der Waals surface area contributed by atoms with Crippen LogP contribution >= 0.6 is 0 Å². The maximum atomic E-state index is 5.93. The van der Waals surface area contributed by atoms with Gasteiger partial charge in [-0.2, -0.15) is 4.98 Å². The van der Waals surface area contributed by atoms with Crippen LogP contribution in [0.2, 0.25) is 0 Å². The minimum Gasteiger partial charge on any atom is -0.457 e. The van der Waals surface area contributed by atoms with Crippen LogP contribution < -0.4 is 21.1 Å². The van der Waals surface area contributed by atoms with E-state index in [0.29, 0.717) is 5.82 Å². The lowest BCUT2D eigenvalue weighted by molar-refractivity contribution is 0.481. The summed E-state index contributed by atoms with van der Waals surface area (Å²) in [5.74, 6) is 2.31. The van der Waals surface area contributed by atoms with Crippen LogP contribution in [0.25, 0.3) is 11.3 Å². The Bertz CT molecular complexity index is 1140. The molecule has 4 aromatic rings. The molecule has 0 aliphatic heterocycles. The van der Waals surface area contributed by atoms with E-state index in [-0.39, 0.29) is 5.95 Å². The molecular formula is C23H22N6O. The van der Waals surface area contributed by atoms with E-state index >= 15 is 0 Å². The molecule has 0 aliphatic rings. The van der Waals surface area contributed by atoms with Crippen molar-refractivity contribution in [1.29, 1.82) is 0 Å². The monoisotopic (exact) mass is 398 g/mol. The van der Waals surface area contributed by atoms with E-state index < -0.39 is 0 Å². The van der Waals surface area contributed by atoms with E-state index in [1.54, 1.807) is 6.20 Å². The fraction of sp³-hybridized carbons (Fsp3) is 0.0870. The van der Waals surface area contributed by atoms with Crippen molar-refractivity contribution >= 4 is 23.1 Å². The summed E-state index contributed by atoms with van der Waals surface area (Å²) in [4.78, 5) is 12.8. The van der Waals surface area contributed by atoms with Crippen LogP contribution in [0.3, 0.4) is 0 Å². The topological polar surface area (TPSA) is 98.0 Å². The normalized spacial score (nSPS) is 10.5. The smallest absolute Gasteiger partial charge is 0.222 e. The van der Waals surface area contributed by atoms with E-state index in [4.69, 9.17) is 10.5 Å². The Hall–Kier alpha value is -4.13. The molecule has 7 nitrogen and oxygen atoms in total. The third kappa shape index (κ3) is 4.64. The van der Waals surface area contributed by atoms with Gasteiger partial charge in [-0.1, -0.05) is 12.1 Å². The first-order chi connectivity index (χ1) is 14.6. The second-order valence-corrected chi connectivity index (χ2v) is 6.71. The number of aromatic nitrogens is 3. The van der Waals surface area contributed by atoms with Crippen molar-refractivity contribution in [2.24, 2.45) is 0 Å². The Morgan fingerprint density at radius 2 is 1.57 bits per heavy atom. The number of nitrogens with zero attached hydrogens (tertiary/aromatic N) is 3. The van der Waals surface area contributed by atoms with Gasteiger partial charge in [-0.05, 0) is 49.4 Å². The lowest BCUT2D eigenvalue weighted by atomic mass is 10.1. The molecule has 150 valence electrons. The Morgan fingerprint density at radius 3 is 2.27 bits per heavy atom. The maximum Gasteiger partial charge on any atom is 0.222 e. The average Bonchev–Trinajstić information content (AvgIpc) is 2.75. The van der Waals surface area contributed by atoms with Crippen molar-refractivity contribution < 1.29 is 4.74 Å². The molecule has 0 bridgehead atoms. The lowest BCUT2D eigenvalue weighted by Crippen LogP contribution is -2.01. The quantitative estimate of drug-likeness (QED) is 0.420. The highest BCUT2D eigenvalue weighted by molar-refractivity contribution is 5.68. The second kappa shape index (κ2) is 8.48. The second-order valence-electron chi connectivity index (χ2n) is 6.71. The molecule has 0 aliphatic carbocycles. The third-order valence-electron chi connectivity index (χ3n) is 4.44. The molecule has 4 N–H and O–H groups in total. The summed E-state index contributed by atoms with van der Waals surface area (Å²) in [5.41, 5.74) is 10.4. The number of hydrogen-bond donors (Lipinski definition) is 3. The van der Waals surface area contributed by atoms with Gasteiger partial charge in [0.1, 0.15) is 17.3 Å². The molecule has 0 saturated carbocycles. The van der Waals surface area contributed by atoms with Crippen molar-refractivity contribution in [1.82, 2.24) is 15.0 Å². The SMILES string of the molecule is CNc1ccc(-c2cc(Nc3ccc(Oc4ccnc(C)c4)cc3)nc(N)n2)cc1. The Balaban J connectivity index is 1.50.